The van der Waals surface area contributed by atoms with Crippen molar-refractivity contribution in [3.63, 3.8) is 0 Å². The molecule has 2 N–H and O–H groups in total. The van der Waals surface area contributed by atoms with Gasteiger partial charge in [-0.1, -0.05) is 62.5 Å². The normalized spacial score (nSPS) is 25.2. The third kappa shape index (κ3) is 3.54. The first-order chi connectivity index (χ1) is 15.4. The number of para-hydroxylation sites is 1. The van der Waals surface area contributed by atoms with Crippen LogP contribution in [0.3, 0.4) is 0 Å². The van der Waals surface area contributed by atoms with Crippen molar-refractivity contribution in [1.29, 1.82) is 0 Å². The Morgan fingerprint density at radius 1 is 0.968 bits per heavy atom. The van der Waals surface area contributed by atoms with Crippen LogP contribution in [0.2, 0.25) is 0 Å². The topological polar surface area (TPSA) is 37.0 Å². The molecule has 1 aromatic heterocycles. The summed E-state index contributed by atoms with van der Waals surface area (Å²) >= 11 is 0. The maximum absolute atomic E-state index is 6.22. The first-order valence-electron chi connectivity index (χ1n) is 12.1. The van der Waals surface area contributed by atoms with Gasteiger partial charge in [0.15, 0.2) is 0 Å². The van der Waals surface area contributed by atoms with E-state index in [9.17, 15) is 0 Å². The molecule has 3 heteroatoms. The van der Waals surface area contributed by atoms with Gasteiger partial charge in [0.2, 0.25) is 0 Å². The van der Waals surface area contributed by atoms with E-state index >= 15 is 0 Å². The summed E-state index contributed by atoms with van der Waals surface area (Å²) in [5, 5.41) is 5.21. The van der Waals surface area contributed by atoms with E-state index in [-0.39, 0.29) is 0 Å². The van der Waals surface area contributed by atoms with Gasteiger partial charge in [-0.15, -0.1) is 0 Å². The maximum atomic E-state index is 6.22. The molecule has 1 saturated carbocycles. The molecular formula is C28H32N2O. The number of benzene rings is 2. The molecule has 0 radical (unpaired) electrons. The Balaban J connectivity index is 1.23. The molecule has 2 aromatic carbocycles. The maximum Gasteiger partial charge on any atom is 0.119 e. The Labute approximate surface area is 184 Å². The smallest absolute Gasteiger partial charge is 0.119 e. The average Bonchev–Trinajstić information content (AvgIpc) is 3.47. The highest BCUT2D eigenvalue weighted by Crippen LogP contribution is 2.51. The highest BCUT2D eigenvalue weighted by molar-refractivity contribution is 5.84. The van der Waals surface area contributed by atoms with E-state index in [4.69, 9.17) is 4.74 Å². The number of ether oxygens (including phenoxy) is 1. The third-order valence-corrected chi connectivity index (χ3v) is 7.81. The number of allylic oxidation sites excluding steroid dienone is 2. The number of hydrogen-bond donors (Lipinski definition) is 2. The van der Waals surface area contributed by atoms with Crippen LogP contribution in [-0.2, 0) is 0 Å². The van der Waals surface area contributed by atoms with Crippen LogP contribution in [0, 0.1) is 11.8 Å². The van der Waals surface area contributed by atoms with E-state index in [0.717, 1.165) is 24.7 Å². The summed E-state index contributed by atoms with van der Waals surface area (Å²) in [7, 11) is 0. The van der Waals surface area contributed by atoms with Gasteiger partial charge >= 0.3 is 0 Å². The minimum atomic E-state index is 0.321. The summed E-state index contributed by atoms with van der Waals surface area (Å²) in [6, 6.07) is 15.6. The molecule has 1 aliphatic heterocycles. The minimum absolute atomic E-state index is 0.321. The van der Waals surface area contributed by atoms with E-state index in [1.165, 1.54) is 66.2 Å². The van der Waals surface area contributed by atoms with Crippen LogP contribution in [0.5, 0.6) is 5.75 Å². The van der Waals surface area contributed by atoms with E-state index in [1.54, 1.807) is 0 Å². The second kappa shape index (κ2) is 8.11. The molecule has 3 atom stereocenters. The number of nitrogens with one attached hydrogen (secondary N) is 2. The van der Waals surface area contributed by atoms with Gasteiger partial charge in [-0.3, -0.25) is 0 Å². The number of rotatable bonds is 5. The molecule has 0 saturated heterocycles. The zero-order valence-electron chi connectivity index (χ0n) is 18.1. The van der Waals surface area contributed by atoms with Crippen LogP contribution in [-0.4, -0.2) is 11.6 Å². The number of hydrogen-bond acceptors (Lipinski definition) is 2. The molecule has 6 rings (SSSR count). The highest BCUT2D eigenvalue weighted by atomic mass is 16.5. The molecule has 160 valence electrons. The largest absolute Gasteiger partial charge is 0.494 e. The molecule has 3 aliphatic rings. The quantitative estimate of drug-likeness (QED) is 0.430. The van der Waals surface area contributed by atoms with Crippen molar-refractivity contribution >= 4 is 16.6 Å². The third-order valence-electron chi connectivity index (χ3n) is 7.81. The number of fused-ring (bicyclic) bond motifs is 4. The molecule has 3 unspecified atom stereocenters. The first-order valence-corrected chi connectivity index (χ1v) is 12.1. The van der Waals surface area contributed by atoms with Crippen molar-refractivity contribution in [1.82, 2.24) is 4.98 Å². The van der Waals surface area contributed by atoms with Gasteiger partial charge in [0, 0.05) is 28.7 Å². The van der Waals surface area contributed by atoms with Gasteiger partial charge in [-0.05, 0) is 60.1 Å². The van der Waals surface area contributed by atoms with Crippen molar-refractivity contribution in [2.24, 2.45) is 11.8 Å². The van der Waals surface area contributed by atoms with Gasteiger partial charge in [0.25, 0.3) is 0 Å². The summed E-state index contributed by atoms with van der Waals surface area (Å²) in [6.07, 6.45) is 16.3. The van der Waals surface area contributed by atoms with E-state index < -0.39 is 0 Å². The Kier molecular flexibility index (Phi) is 4.98. The van der Waals surface area contributed by atoms with Gasteiger partial charge in [-0.25, -0.2) is 0 Å². The first kappa shape index (κ1) is 19.0. The summed E-state index contributed by atoms with van der Waals surface area (Å²) in [5.41, 5.74) is 5.25. The van der Waals surface area contributed by atoms with Crippen LogP contribution in [0.1, 0.15) is 68.0 Å². The number of aromatic amines is 1. The fourth-order valence-corrected chi connectivity index (χ4v) is 6.14. The minimum Gasteiger partial charge on any atom is -0.494 e. The van der Waals surface area contributed by atoms with Gasteiger partial charge in [0.1, 0.15) is 5.75 Å². The SMILES string of the molecule is C1=CC2c3cc(OCCC4CCCCC4)ccc3NC(c3c[nH]c4ccccc34)C2C1. The van der Waals surface area contributed by atoms with Gasteiger partial charge in [-0.2, -0.15) is 0 Å². The lowest BCUT2D eigenvalue weighted by molar-refractivity contribution is 0.246. The fraction of sp³-hybridized carbons (Fsp3) is 0.429. The molecule has 0 spiro atoms. The number of anilines is 1. The van der Waals surface area contributed by atoms with Crippen molar-refractivity contribution in [3.05, 3.63) is 71.9 Å². The monoisotopic (exact) mass is 412 g/mol. The standard InChI is InChI=1S/C28H32N2O/c1-2-7-19(8-3-1)15-16-31-20-13-14-27-24(17-20)21-10-6-11-23(21)28(30-27)25-18-29-26-12-5-4-9-22(25)26/h4-6,9-10,12-14,17-19,21,23,28-30H,1-3,7-8,11,15-16H2. The average molecular weight is 413 g/mol. The Morgan fingerprint density at radius 3 is 2.81 bits per heavy atom. The summed E-state index contributed by atoms with van der Waals surface area (Å²) < 4.78 is 6.22. The molecule has 2 heterocycles. The number of aromatic nitrogens is 1. The van der Waals surface area contributed by atoms with E-state index in [0.29, 0.717) is 17.9 Å². The van der Waals surface area contributed by atoms with Crippen LogP contribution in [0.4, 0.5) is 5.69 Å². The molecule has 3 aromatic rings. The van der Waals surface area contributed by atoms with Crippen LogP contribution in [0.15, 0.2) is 60.8 Å². The van der Waals surface area contributed by atoms with Crippen LogP contribution in [0.25, 0.3) is 10.9 Å². The molecule has 0 bridgehead atoms. The predicted molar refractivity (Wildman–Crippen MR) is 128 cm³/mol. The zero-order chi connectivity index (χ0) is 20.6. The van der Waals surface area contributed by atoms with Crippen molar-refractivity contribution in [2.75, 3.05) is 11.9 Å². The lowest BCUT2D eigenvalue weighted by Gasteiger charge is -2.37. The molecule has 0 amide bonds. The van der Waals surface area contributed by atoms with Crippen LogP contribution >= 0.6 is 0 Å². The van der Waals surface area contributed by atoms with Gasteiger partial charge < -0.3 is 15.0 Å². The molecule has 1 fully saturated rings. The second-order valence-corrected chi connectivity index (χ2v) is 9.66. The Bertz CT molecular complexity index is 1090. The summed E-state index contributed by atoms with van der Waals surface area (Å²) in [6.45, 7) is 0.846. The van der Waals surface area contributed by atoms with E-state index in [2.05, 4.69) is 71.1 Å². The molecule has 2 aliphatic carbocycles. The van der Waals surface area contributed by atoms with E-state index in [1.807, 2.05) is 0 Å². The highest BCUT2D eigenvalue weighted by Gasteiger charge is 2.38. The number of H-pyrrole nitrogens is 1. The summed E-state index contributed by atoms with van der Waals surface area (Å²) in [4.78, 5) is 3.47. The molecule has 31 heavy (non-hydrogen) atoms. The predicted octanol–water partition coefficient (Wildman–Crippen LogP) is 7.34. The van der Waals surface area contributed by atoms with Crippen LogP contribution < -0.4 is 10.1 Å². The molecule has 3 nitrogen and oxygen atoms in total. The zero-order valence-corrected chi connectivity index (χ0v) is 18.1. The Morgan fingerprint density at radius 2 is 1.87 bits per heavy atom. The lowest BCUT2D eigenvalue weighted by Crippen LogP contribution is -2.29. The Hall–Kier alpha value is -2.68. The van der Waals surface area contributed by atoms with Gasteiger partial charge in [0.05, 0.1) is 12.6 Å². The fourth-order valence-electron chi connectivity index (χ4n) is 6.14. The second-order valence-electron chi connectivity index (χ2n) is 9.66. The van der Waals surface area contributed by atoms with Crippen molar-refractivity contribution in [2.45, 2.75) is 56.9 Å². The molecular weight excluding hydrogens is 380 g/mol. The summed E-state index contributed by atoms with van der Waals surface area (Å²) in [5.74, 6) is 2.90. The van der Waals surface area contributed by atoms with Crippen molar-refractivity contribution in [3.8, 4) is 5.75 Å². The lowest BCUT2D eigenvalue weighted by atomic mass is 9.77. The van der Waals surface area contributed by atoms with Crippen molar-refractivity contribution < 1.29 is 4.74 Å².